The minimum atomic E-state index is -0.492. The van der Waals surface area contributed by atoms with Crippen molar-refractivity contribution in [2.24, 2.45) is 0 Å². The van der Waals surface area contributed by atoms with Crippen LogP contribution in [0.4, 0.5) is 0 Å². The Kier molecular flexibility index (Phi) is 9.81. The second-order valence-electron chi connectivity index (χ2n) is 6.26. The van der Waals surface area contributed by atoms with Gasteiger partial charge in [0, 0.05) is 0 Å². The van der Waals surface area contributed by atoms with Gasteiger partial charge in [0.05, 0.1) is 23.8 Å². The first-order valence-corrected chi connectivity index (χ1v) is 9.03. The number of esters is 2. The Hall–Kier alpha value is -1.84. The molecule has 0 aliphatic carbocycles. The molecule has 0 amide bonds. The van der Waals surface area contributed by atoms with Gasteiger partial charge in [-0.1, -0.05) is 57.6 Å². The average Bonchev–Trinajstić information content (AvgIpc) is 2.56. The fourth-order valence-corrected chi connectivity index (χ4v) is 2.42. The van der Waals surface area contributed by atoms with E-state index in [9.17, 15) is 9.59 Å². The lowest BCUT2D eigenvalue weighted by Gasteiger charge is -2.11. The van der Waals surface area contributed by atoms with Crippen LogP contribution in [0, 0.1) is 0 Å². The van der Waals surface area contributed by atoms with Gasteiger partial charge in [0.2, 0.25) is 0 Å². The summed E-state index contributed by atoms with van der Waals surface area (Å²) >= 11 is 0. The van der Waals surface area contributed by atoms with Gasteiger partial charge in [-0.15, -0.1) is 0 Å². The molecule has 0 radical (unpaired) electrons. The lowest BCUT2D eigenvalue weighted by atomic mass is 10.1. The molecule has 0 atom stereocenters. The number of hydrogen-bond acceptors (Lipinski definition) is 4. The van der Waals surface area contributed by atoms with Crippen molar-refractivity contribution in [3.05, 3.63) is 35.4 Å². The summed E-state index contributed by atoms with van der Waals surface area (Å²) in [7, 11) is 0. The Balaban J connectivity index is 2.41. The van der Waals surface area contributed by atoms with Crippen molar-refractivity contribution in [1.29, 1.82) is 0 Å². The van der Waals surface area contributed by atoms with E-state index >= 15 is 0 Å². The third kappa shape index (κ3) is 7.62. The van der Waals surface area contributed by atoms with Gasteiger partial charge in [-0.3, -0.25) is 0 Å². The molecule has 134 valence electrons. The minimum absolute atomic E-state index is 0.228. The van der Waals surface area contributed by atoms with Crippen molar-refractivity contribution >= 4 is 11.9 Å². The van der Waals surface area contributed by atoms with Gasteiger partial charge in [-0.05, 0) is 32.4 Å². The second-order valence-corrected chi connectivity index (χ2v) is 6.26. The zero-order valence-corrected chi connectivity index (χ0v) is 15.2. The first-order chi connectivity index (χ1) is 11.6. The number of hydrogen-bond donors (Lipinski definition) is 0. The molecule has 1 rings (SSSR count). The van der Waals surface area contributed by atoms with Crippen LogP contribution in [-0.4, -0.2) is 24.6 Å². The van der Waals surface area contributed by atoms with Gasteiger partial charge in [0.25, 0.3) is 0 Å². The van der Waals surface area contributed by atoms with Gasteiger partial charge in [0.15, 0.2) is 0 Å². The first-order valence-electron chi connectivity index (χ1n) is 9.03. The van der Waals surface area contributed by atoms with E-state index in [1.165, 1.54) is 32.1 Å². The molecular formula is C20H30O4. The van der Waals surface area contributed by atoms with Crippen molar-refractivity contribution in [3.63, 3.8) is 0 Å². The maximum atomic E-state index is 12.2. The highest BCUT2D eigenvalue weighted by molar-refractivity contribution is 6.03. The number of benzene rings is 1. The van der Waals surface area contributed by atoms with E-state index in [4.69, 9.17) is 9.47 Å². The van der Waals surface area contributed by atoms with E-state index in [-0.39, 0.29) is 17.2 Å². The predicted molar refractivity (Wildman–Crippen MR) is 95.3 cm³/mol. The number of carbonyl (C=O) groups is 2. The lowest BCUT2D eigenvalue weighted by molar-refractivity contribution is 0.0360. The van der Waals surface area contributed by atoms with Gasteiger partial charge in [-0.2, -0.15) is 0 Å². The summed E-state index contributed by atoms with van der Waals surface area (Å²) in [6.07, 6.45) is 7.93. The smallest absolute Gasteiger partial charge is 0.339 e. The van der Waals surface area contributed by atoms with Crippen LogP contribution in [0.1, 0.15) is 86.4 Å². The fraction of sp³-hybridized carbons (Fsp3) is 0.600. The summed E-state index contributed by atoms with van der Waals surface area (Å²) < 4.78 is 10.5. The number of ether oxygens (including phenoxy) is 2. The molecule has 0 heterocycles. The largest absolute Gasteiger partial charge is 0.462 e. The normalized spacial score (nSPS) is 10.7. The Morgan fingerprint density at radius 2 is 1.42 bits per heavy atom. The van der Waals surface area contributed by atoms with Crippen molar-refractivity contribution in [2.75, 3.05) is 6.61 Å². The SMILES string of the molecule is CCCCCCCCCOC(=O)c1ccccc1C(=O)OC(C)C. The summed E-state index contributed by atoms with van der Waals surface area (Å²) in [6.45, 7) is 6.15. The molecule has 0 saturated heterocycles. The summed E-state index contributed by atoms with van der Waals surface area (Å²) in [6, 6.07) is 6.62. The molecule has 1 aromatic rings. The van der Waals surface area contributed by atoms with Crippen LogP contribution in [-0.2, 0) is 9.47 Å². The maximum absolute atomic E-state index is 12.2. The Morgan fingerprint density at radius 1 is 0.875 bits per heavy atom. The van der Waals surface area contributed by atoms with Crippen molar-refractivity contribution < 1.29 is 19.1 Å². The third-order valence-corrected chi connectivity index (χ3v) is 3.69. The molecule has 4 nitrogen and oxygen atoms in total. The molecule has 0 fully saturated rings. The van der Waals surface area contributed by atoms with E-state index < -0.39 is 11.9 Å². The number of unbranched alkanes of at least 4 members (excludes halogenated alkanes) is 6. The molecule has 24 heavy (non-hydrogen) atoms. The van der Waals surface area contributed by atoms with Crippen LogP contribution in [0.25, 0.3) is 0 Å². The van der Waals surface area contributed by atoms with E-state index in [2.05, 4.69) is 6.92 Å². The van der Waals surface area contributed by atoms with E-state index in [1.807, 2.05) is 0 Å². The van der Waals surface area contributed by atoms with Crippen molar-refractivity contribution in [1.82, 2.24) is 0 Å². The Bertz CT molecular complexity index is 508. The molecule has 0 aliphatic rings. The van der Waals surface area contributed by atoms with E-state index in [0.29, 0.717) is 6.61 Å². The Labute approximate surface area is 145 Å². The van der Waals surface area contributed by atoms with Crippen LogP contribution in [0.2, 0.25) is 0 Å². The zero-order chi connectivity index (χ0) is 17.8. The van der Waals surface area contributed by atoms with Crippen LogP contribution in [0.3, 0.4) is 0 Å². The maximum Gasteiger partial charge on any atom is 0.339 e. The number of rotatable bonds is 11. The second kappa shape index (κ2) is 11.7. The van der Waals surface area contributed by atoms with Crippen LogP contribution in [0.5, 0.6) is 0 Å². The fourth-order valence-electron chi connectivity index (χ4n) is 2.42. The molecule has 0 saturated carbocycles. The molecule has 0 unspecified atom stereocenters. The summed E-state index contributed by atoms with van der Waals surface area (Å²) in [5.41, 5.74) is 0.530. The number of carbonyl (C=O) groups excluding carboxylic acids is 2. The third-order valence-electron chi connectivity index (χ3n) is 3.69. The quantitative estimate of drug-likeness (QED) is 0.414. The summed E-state index contributed by atoms with van der Waals surface area (Å²) in [5, 5.41) is 0. The molecule has 0 N–H and O–H groups in total. The standard InChI is InChI=1S/C20H30O4/c1-4-5-6-7-8-9-12-15-23-19(21)17-13-10-11-14-18(17)20(22)24-16(2)3/h10-11,13-14,16H,4-9,12,15H2,1-3H3. The van der Waals surface area contributed by atoms with E-state index in [1.54, 1.807) is 38.1 Å². The molecule has 0 bridgehead atoms. The van der Waals surface area contributed by atoms with Gasteiger partial charge < -0.3 is 9.47 Å². The summed E-state index contributed by atoms with van der Waals surface area (Å²) in [5.74, 6) is -0.953. The van der Waals surface area contributed by atoms with E-state index in [0.717, 1.165) is 12.8 Å². The van der Waals surface area contributed by atoms with Crippen LogP contribution in [0.15, 0.2) is 24.3 Å². The molecular weight excluding hydrogens is 304 g/mol. The monoisotopic (exact) mass is 334 g/mol. The summed E-state index contributed by atoms with van der Waals surface area (Å²) in [4.78, 5) is 24.3. The molecule has 0 aliphatic heterocycles. The predicted octanol–water partition coefficient (Wildman–Crippen LogP) is 5.16. The molecule has 0 spiro atoms. The van der Waals surface area contributed by atoms with Crippen LogP contribution < -0.4 is 0 Å². The van der Waals surface area contributed by atoms with Crippen molar-refractivity contribution in [2.45, 2.75) is 71.8 Å². The Morgan fingerprint density at radius 3 is 2.00 bits per heavy atom. The highest BCUT2D eigenvalue weighted by Gasteiger charge is 2.19. The average molecular weight is 334 g/mol. The van der Waals surface area contributed by atoms with Gasteiger partial charge >= 0.3 is 11.9 Å². The minimum Gasteiger partial charge on any atom is -0.462 e. The molecule has 4 heteroatoms. The molecule has 0 aromatic heterocycles. The van der Waals surface area contributed by atoms with Crippen molar-refractivity contribution in [3.8, 4) is 0 Å². The molecule has 1 aromatic carbocycles. The highest BCUT2D eigenvalue weighted by atomic mass is 16.5. The zero-order valence-electron chi connectivity index (χ0n) is 15.2. The van der Waals surface area contributed by atoms with Gasteiger partial charge in [-0.25, -0.2) is 9.59 Å². The first kappa shape index (κ1) is 20.2. The van der Waals surface area contributed by atoms with Crippen LogP contribution >= 0.6 is 0 Å². The van der Waals surface area contributed by atoms with Gasteiger partial charge in [0.1, 0.15) is 0 Å². The topological polar surface area (TPSA) is 52.6 Å². The highest BCUT2D eigenvalue weighted by Crippen LogP contribution is 2.14. The lowest BCUT2D eigenvalue weighted by Crippen LogP contribution is -2.17.